The van der Waals surface area contributed by atoms with Crippen LogP contribution in [0.25, 0.3) is 0 Å². The van der Waals surface area contributed by atoms with Crippen molar-refractivity contribution in [3.05, 3.63) is 29.3 Å². The fourth-order valence-corrected chi connectivity index (χ4v) is 4.96. The second-order valence-electron chi connectivity index (χ2n) is 6.27. The number of nitrogens with zero attached hydrogens (tertiary/aromatic N) is 1. The summed E-state index contributed by atoms with van der Waals surface area (Å²) in [6.07, 6.45) is 0.977. The summed E-state index contributed by atoms with van der Waals surface area (Å²) in [6, 6.07) is 6.24. The largest absolute Gasteiger partial charge is 0.314 e. The van der Waals surface area contributed by atoms with Crippen LogP contribution in [0.1, 0.15) is 29.3 Å². The third-order valence-electron chi connectivity index (χ3n) is 4.72. The number of amides is 2. The van der Waals surface area contributed by atoms with Crippen LogP contribution in [0.15, 0.2) is 23.1 Å². The van der Waals surface area contributed by atoms with Crippen LogP contribution in [-0.4, -0.2) is 41.1 Å². The van der Waals surface area contributed by atoms with Crippen molar-refractivity contribution in [1.82, 2.24) is 15.5 Å². The fourth-order valence-electron chi connectivity index (χ4n) is 3.32. The molecular formula is C16H19N3O2S2. The van der Waals surface area contributed by atoms with Crippen molar-refractivity contribution >= 4 is 36.2 Å². The number of imide groups is 1. The van der Waals surface area contributed by atoms with Gasteiger partial charge in [0, 0.05) is 36.2 Å². The highest BCUT2D eigenvalue weighted by atomic mass is 32.2. The molecule has 3 aliphatic rings. The second-order valence-corrected chi connectivity index (χ2v) is 8.13. The standard InChI is InChI=1S/C16H19N3O2S2/c20-14-4-3-13(15(21)18-14)19-8-9-5-10(23-11-6-17-7-11)1-2-12(9)16(19)22/h1-2,5,11,13,16-17,22H,3-4,6-8H2,(H,18,20,21). The van der Waals surface area contributed by atoms with Crippen molar-refractivity contribution in [2.24, 2.45) is 0 Å². The Balaban J connectivity index is 1.51. The first kappa shape index (κ1) is 15.5. The molecule has 1 aromatic carbocycles. The normalized spacial score (nSPS) is 28.4. The Kier molecular flexibility index (Phi) is 4.13. The van der Waals surface area contributed by atoms with Gasteiger partial charge in [-0.3, -0.25) is 19.8 Å². The van der Waals surface area contributed by atoms with E-state index >= 15 is 0 Å². The van der Waals surface area contributed by atoms with Gasteiger partial charge in [0.25, 0.3) is 0 Å². The van der Waals surface area contributed by atoms with E-state index in [-0.39, 0.29) is 23.2 Å². The van der Waals surface area contributed by atoms with E-state index in [1.165, 1.54) is 16.0 Å². The summed E-state index contributed by atoms with van der Waals surface area (Å²) in [6.45, 7) is 2.85. The molecule has 122 valence electrons. The zero-order valence-corrected chi connectivity index (χ0v) is 14.3. The molecule has 5 nitrogen and oxygen atoms in total. The summed E-state index contributed by atoms with van der Waals surface area (Å²) in [5.74, 6) is -0.366. The van der Waals surface area contributed by atoms with Crippen LogP contribution < -0.4 is 10.6 Å². The van der Waals surface area contributed by atoms with Gasteiger partial charge >= 0.3 is 0 Å². The highest BCUT2D eigenvalue weighted by molar-refractivity contribution is 8.00. The number of thiol groups is 1. The average molecular weight is 349 g/mol. The molecule has 2 amide bonds. The van der Waals surface area contributed by atoms with Crippen LogP contribution in [0, 0.1) is 0 Å². The molecular weight excluding hydrogens is 330 g/mol. The Morgan fingerprint density at radius 1 is 1.26 bits per heavy atom. The zero-order chi connectivity index (χ0) is 16.0. The number of carbonyl (C=O) groups is 2. The van der Waals surface area contributed by atoms with Gasteiger partial charge in [-0.15, -0.1) is 11.8 Å². The van der Waals surface area contributed by atoms with Crippen LogP contribution in [0.2, 0.25) is 0 Å². The predicted molar refractivity (Wildman–Crippen MR) is 92.4 cm³/mol. The maximum atomic E-state index is 12.1. The molecule has 0 aromatic heterocycles. The number of hydrogen-bond acceptors (Lipinski definition) is 6. The smallest absolute Gasteiger partial charge is 0.243 e. The second kappa shape index (κ2) is 6.12. The highest BCUT2D eigenvalue weighted by Crippen LogP contribution is 2.41. The van der Waals surface area contributed by atoms with Gasteiger partial charge in [0.15, 0.2) is 0 Å². The van der Waals surface area contributed by atoms with E-state index in [2.05, 4.69) is 33.7 Å². The predicted octanol–water partition coefficient (Wildman–Crippen LogP) is 1.30. The van der Waals surface area contributed by atoms with E-state index < -0.39 is 0 Å². The summed E-state index contributed by atoms with van der Waals surface area (Å²) in [5.41, 5.74) is 2.42. The zero-order valence-electron chi connectivity index (χ0n) is 12.6. The van der Waals surface area contributed by atoms with Crippen molar-refractivity contribution in [1.29, 1.82) is 0 Å². The first-order valence-corrected chi connectivity index (χ1v) is 9.29. The molecule has 3 heterocycles. The van der Waals surface area contributed by atoms with Gasteiger partial charge in [-0.05, 0) is 29.7 Å². The van der Waals surface area contributed by atoms with Gasteiger partial charge in [-0.2, -0.15) is 12.6 Å². The van der Waals surface area contributed by atoms with Crippen LogP contribution in [-0.2, 0) is 16.1 Å². The van der Waals surface area contributed by atoms with Crippen molar-refractivity contribution in [3.63, 3.8) is 0 Å². The van der Waals surface area contributed by atoms with Crippen molar-refractivity contribution in [2.75, 3.05) is 13.1 Å². The summed E-state index contributed by atoms with van der Waals surface area (Å²) < 4.78 is 0. The maximum absolute atomic E-state index is 12.1. The van der Waals surface area contributed by atoms with Crippen LogP contribution in [0.3, 0.4) is 0 Å². The summed E-state index contributed by atoms with van der Waals surface area (Å²) in [4.78, 5) is 26.8. The van der Waals surface area contributed by atoms with E-state index in [0.717, 1.165) is 13.1 Å². The summed E-state index contributed by atoms with van der Waals surface area (Å²) in [7, 11) is 0. The number of carbonyl (C=O) groups excluding carboxylic acids is 2. The molecule has 0 spiro atoms. The van der Waals surface area contributed by atoms with E-state index in [0.29, 0.717) is 24.6 Å². The highest BCUT2D eigenvalue weighted by Gasteiger charge is 2.39. The van der Waals surface area contributed by atoms with Gasteiger partial charge < -0.3 is 5.32 Å². The molecule has 0 aliphatic carbocycles. The molecule has 2 saturated heterocycles. The molecule has 0 bridgehead atoms. The molecule has 7 heteroatoms. The molecule has 0 saturated carbocycles. The lowest BCUT2D eigenvalue weighted by atomic mass is 10.0. The maximum Gasteiger partial charge on any atom is 0.243 e. The molecule has 2 N–H and O–H groups in total. The number of fused-ring (bicyclic) bond motifs is 1. The summed E-state index contributed by atoms with van der Waals surface area (Å²) in [5, 5.41) is 6.30. The van der Waals surface area contributed by atoms with Crippen molar-refractivity contribution < 1.29 is 9.59 Å². The summed E-state index contributed by atoms with van der Waals surface area (Å²) >= 11 is 6.62. The minimum Gasteiger partial charge on any atom is -0.314 e. The lowest BCUT2D eigenvalue weighted by Crippen LogP contribution is -2.51. The topological polar surface area (TPSA) is 61.4 Å². The van der Waals surface area contributed by atoms with Gasteiger partial charge in [-0.1, -0.05) is 6.07 Å². The first-order chi connectivity index (χ1) is 11.1. The first-order valence-electron chi connectivity index (χ1n) is 7.89. The van der Waals surface area contributed by atoms with E-state index in [1.54, 1.807) is 0 Å². The van der Waals surface area contributed by atoms with Crippen molar-refractivity contribution in [3.8, 4) is 0 Å². The lowest BCUT2D eigenvalue weighted by Gasteiger charge is -2.32. The third kappa shape index (κ3) is 2.91. The third-order valence-corrected chi connectivity index (χ3v) is 6.48. The van der Waals surface area contributed by atoms with E-state index in [1.807, 2.05) is 11.8 Å². The number of hydrogen-bond donors (Lipinski definition) is 3. The molecule has 4 rings (SSSR count). The Labute approximate surface area is 145 Å². The molecule has 0 radical (unpaired) electrons. The van der Waals surface area contributed by atoms with Crippen molar-refractivity contribution in [2.45, 2.75) is 40.9 Å². The number of piperidine rings is 1. The monoisotopic (exact) mass is 349 g/mol. The van der Waals surface area contributed by atoms with Gasteiger partial charge in [0.05, 0.1) is 11.4 Å². The number of rotatable bonds is 3. The van der Waals surface area contributed by atoms with Crippen LogP contribution >= 0.6 is 24.4 Å². The van der Waals surface area contributed by atoms with Gasteiger partial charge in [-0.25, -0.2) is 0 Å². The minimum atomic E-state index is -0.269. The molecule has 1 aromatic rings. The van der Waals surface area contributed by atoms with Crippen LogP contribution in [0.5, 0.6) is 0 Å². The quantitative estimate of drug-likeness (QED) is 0.567. The fraction of sp³-hybridized carbons (Fsp3) is 0.500. The number of nitrogens with one attached hydrogen (secondary N) is 2. The molecule has 2 atom stereocenters. The van der Waals surface area contributed by atoms with Crippen LogP contribution in [0.4, 0.5) is 0 Å². The Morgan fingerprint density at radius 3 is 2.78 bits per heavy atom. The van der Waals surface area contributed by atoms with E-state index in [9.17, 15) is 9.59 Å². The Bertz CT molecular complexity index is 663. The molecule has 2 unspecified atom stereocenters. The van der Waals surface area contributed by atoms with Gasteiger partial charge in [0.2, 0.25) is 11.8 Å². The lowest BCUT2D eigenvalue weighted by molar-refractivity contribution is -0.137. The number of benzene rings is 1. The molecule has 23 heavy (non-hydrogen) atoms. The van der Waals surface area contributed by atoms with E-state index in [4.69, 9.17) is 12.6 Å². The average Bonchev–Trinajstić information content (AvgIpc) is 2.80. The Morgan fingerprint density at radius 2 is 2.09 bits per heavy atom. The number of thioether (sulfide) groups is 1. The SMILES string of the molecule is O=C1CCC(N2Cc3cc(SC4CNC4)ccc3C2S)C(=O)N1. The minimum absolute atomic E-state index is 0.0848. The van der Waals surface area contributed by atoms with Gasteiger partial charge in [0.1, 0.15) is 0 Å². The molecule has 3 aliphatic heterocycles. The Hall–Kier alpha value is -1.02. The molecule has 2 fully saturated rings.